The van der Waals surface area contributed by atoms with Crippen molar-refractivity contribution in [3.05, 3.63) is 29.6 Å². The summed E-state index contributed by atoms with van der Waals surface area (Å²) in [5.41, 5.74) is 4.80. The molecule has 0 radical (unpaired) electrons. The van der Waals surface area contributed by atoms with Gasteiger partial charge in [-0.15, -0.1) is 0 Å². The lowest BCUT2D eigenvalue weighted by molar-refractivity contribution is 0.559. The molecule has 0 amide bonds. The zero-order valence-corrected chi connectivity index (χ0v) is 9.96. The number of nitriles is 1. The number of nitrogens with two attached hydrogens (primary N) is 1. The van der Waals surface area contributed by atoms with Crippen molar-refractivity contribution >= 4 is 10.0 Å². The third-order valence-corrected chi connectivity index (χ3v) is 3.72. The van der Waals surface area contributed by atoms with Crippen LogP contribution in [0, 0.1) is 17.1 Å². The summed E-state index contributed by atoms with van der Waals surface area (Å²) in [4.78, 5) is -0.375. The van der Waals surface area contributed by atoms with E-state index in [0.29, 0.717) is 0 Å². The first-order valence-corrected chi connectivity index (χ1v) is 6.31. The van der Waals surface area contributed by atoms with Gasteiger partial charge in [0.1, 0.15) is 22.3 Å². The van der Waals surface area contributed by atoms with E-state index in [-0.39, 0.29) is 11.4 Å². The topological polar surface area (TPSA) is 96.0 Å². The van der Waals surface area contributed by atoms with E-state index in [1.165, 1.54) is 18.2 Å². The van der Waals surface area contributed by atoms with Crippen molar-refractivity contribution in [3.63, 3.8) is 0 Å². The number of sulfonamides is 1. The molecule has 0 aliphatic heterocycles. The largest absolute Gasteiger partial charge is 0.329 e. The number of nitrogens with zero attached hydrogens (tertiary/aromatic N) is 1. The van der Waals surface area contributed by atoms with Crippen molar-refractivity contribution in [1.82, 2.24) is 4.72 Å². The molecule has 3 N–H and O–H groups in total. The highest BCUT2D eigenvalue weighted by molar-refractivity contribution is 7.89. The summed E-state index contributed by atoms with van der Waals surface area (Å²) in [6.45, 7) is 1.68. The number of benzene rings is 1. The van der Waals surface area contributed by atoms with Crippen molar-refractivity contribution in [2.75, 3.05) is 6.54 Å². The zero-order chi connectivity index (χ0) is 13.1. The number of hydrogen-bond acceptors (Lipinski definition) is 4. The van der Waals surface area contributed by atoms with Crippen molar-refractivity contribution in [3.8, 4) is 6.07 Å². The SMILES string of the molecule is C[C@H](CN)NS(=O)(=O)c1cccc(F)c1C#N. The van der Waals surface area contributed by atoms with Crippen LogP contribution in [0.15, 0.2) is 23.1 Å². The highest BCUT2D eigenvalue weighted by atomic mass is 32.2. The zero-order valence-electron chi connectivity index (χ0n) is 9.14. The Hall–Kier alpha value is -1.49. The van der Waals surface area contributed by atoms with Gasteiger partial charge in [-0.2, -0.15) is 5.26 Å². The fraction of sp³-hybridized carbons (Fsp3) is 0.300. The van der Waals surface area contributed by atoms with E-state index in [0.717, 1.165) is 6.07 Å². The van der Waals surface area contributed by atoms with Gasteiger partial charge in [-0.1, -0.05) is 6.07 Å². The van der Waals surface area contributed by atoms with Gasteiger partial charge in [0.15, 0.2) is 0 Å². The van der Waals surface area contributed by atoms with Crippen molar-refractivity contribution in [2.45, 2.75) is 17.9 Å². The van der Waals surface area contributed by atoms with Crippen LogP contribution in [0.5, 0.6) is 0 Å². The highest BCUT2D eigenvalue weighted by Crippen LogP contribution is 2.17. The Morgan fingerprint density at radius 3 is 2.76 bits per heavy atom. The summed E-state index contributed by atoms with van der Waals surface area (Å²) in [5.74, 6) is -0.865. The summed E-state index contributed by atoms with van der Waals surface area (Å²) in [6, 6.07) is 4.48. The average Bonchev–Trinajstić information content (AvgIpc) is 2.28. The second-order valence-electron chi connectivity index (χ2n) is 3.48. The molecule has 1 rings (SSSR count). The van der Waals surface area contributed by atoms with Crippen molar-refractivity contribution in [2.24, 2.45) is 5.73 Å². The van der Waals surface area contributed by atoms with Gasteiger partial charge >= 0.3 is 0 Å². The molecule has 17 heavy (non-hydrogen) atoms. The average molecular weight is 257 g/mol. The Balaban J connectivity index is 3.26. The molecule has 0 aliphatic carbocycles. The van der Waals surface area contributed by atoms with Crippen LogP contribution in [0.3, 0.4) is 0 Å². The molecule has 0 aliphatic rings. The lowest BCUT2D eigenvalue weighted by Crippen LogP contribution is -2.38. The predicted molar refractivity (Wildman–Crippen MR) is 60.0 cm³/mol. The van der Waals surface area contributed by atoms with Crippen LogP contribution in [0.4, 0.5) is 4.39 Å². The molecule has 0 fully saturated rings. The van der Waals surface area contributed by atoms with Gasteiger partial charge in [0, 0.05) is 12.6 Å². The molecule has 0 aromatic heterocycles. The Morgan fingerprint density at radius 1 is 1.59 bits per heavy atom. The summed E-state index contributed by atoms with van der Waals surface area (Å²) in [7, 11) is -3.93. The van der Waals surface area contributed by atoms with Crippen molar-refractivity contribution < 1.29 is 12.8 Å². The van der Waals surface area contributed by atoms with Gasteiger partial charge in [0.05, 0.1) is 0 Å². The minimum absolute atomic E-state index is 0.108. The monoisotopic (exact) mass is 257 g/mol. The van der Waals surface area contributed by atoms with E-state index in [1.807, 2.05) is 0 Å². The fourth-order valence-corrected chi connectivity index (χ4v) is 2.64. The first-order chi connectivity index (χ1) is 7.92. The summed E-state index contributed by atoms with van der Waals surface area (Å²) in [6.07, 6.45) is 0. The Kier molecular flexibility index (Phi) is 4.17. The molecule has 1 aromatic rings. The van der Waals surface area contributed by atoms with E-state index in [1.54, 1.807) is 6.92 Å². The number of nitrogens with one attached hydrogen (secondary N) is 1. The molecule has 7 heteroatoms. The highest BCUT2D eigenvalue weighted by Gasteiger charge is 2.22. The molecule has 0 saturated carbocycles. The molecule has 0 saturated heterocycles. The maximum atomic E-state index is 13.3. The quantitative estimate of drug-likeness (QED) is 0.812. The number of rotatable bonds is 4. The first kappa shape index (κ1) is 13.6. The first-order valence-electron chi connectivity index (χ1n) is 4.83. The maximum Gasteiger partial charge on any atom is 0.242 e. The second kappa shape index (κ2) is 5.23. The molecule has 0 spiro atoms. The molecular weight excluding hydrogens is 245 g/mol. The van der Waals surface area contributed by atoms with Crippen molar-refractivity contribution in [1.29, 1.82) is 5.26 Å². The fourth-order valence-electron chi connectivity index (χ4n) is 1.21. The summed E-state index contributed by atoms with van der Waals surface area (Å²) >= 11 is 0. The van der Waals surface area contributed by atoms with Gasteiger partial charge in [-0.3, -0.25) is 0 Å². The third kappa shape index (κ3) is 3.00. The second-order valence-corrected chi connectivity index (χ2v) is 5.17. The van der Waals surface area contributed by atoms with Gasteiger partial charge in [0.2, 0.25) is 10.0 Å². The maximum absolute atomic E-state index is 13.3. The van der Waals surface area contributed by atoms with Crippen LogP contribution in [0.25, 0.3) is 0 Å². The number of halogens is 1. The summed E-state index contributed by atoms with van der Waals surface area (Å²) < 4.78 is 39.2. The van der Waals surface area contributed by atoms with Gasteiger partial charge in [-0.25, -0.2) is 17.5 Å². The third-order valence-electron chi connectivity index (χ3n) is 2.09. The summed E-state index contributed by atoms with van der Waals surface area (Å²) in [5, 5.41) is 8.75. The van der Waals surface area contributed by atoms with E-state index in [2.05, 4.69) is 4.72 Å². The molecule has 1 aromatic carbocycles. The standard InChI is InChI=1S/C10H12FN3O2S/c1-7(5-12)14-17(15,16)10-4-2-3-9(11)8(10)6-13/h2-4,7,14H,5,12H2,1H3/t7-/m1/s1. The normalized spacial score (nSPS) is 13.1. The number of hydrogen-bond donors (Lipinski definition) is 2. The van der Waals surface area contributed by atoms with Crippen LogP contribution in [-0.2, 0) is 10.0 Å². The predicted octanol–water partition coefficient (Wildman–Crippen LogP) is 0.323. The van der Waals surface area contributed by atoms with E-state index in [4.69, 9.17) is 11.0 Å². The van der Waals surface area contributed by atoms with E-state index in [9.17, 15) is 12.8 Å². The van der Waals surface area contributed by atoms with Gasteiger partial charge in [0.25, 0.3) is 0 Å². The van der Waals surface area contributed by atoms with Crippen LogP contribution in [0.1, 0.15) is 12.5 Å². The van der Waals surface area contributed by atoms with Crippen LogP contribution in [-0.4, -0.2) is 21.0 Å². The lowest BCUT2D eigenvalue weighted by Gasteiger charge is -2.12. The molecule has 0 heterocycles. The molecule has 0 bridgehead atoms. The van der Waals surface area contributed by atoms with E-state index >= 15 is 0 Å². The Bertz CT molecular complexity index is 551. The molecule has 0 unspecified atom stereocenters. The smallest absolute Gasteiger partial charge is 0.242 e. The van der Waals surface area contributed by atoms with Gasteiger partial charge in [-0.05, 0) is 19.1 Å². The molecule has 92 valence electrons. The molecule has 1 atom stereocenters. The van der Waals surface area contributed by atoms with Crippen LogP contribution in [0.2, 0.25) is 0 Å². The minimum atomic E-state index is -3.93. The van der Waals surface area contributed by atoms with Crippen LogP contribution >= 0.6 is 0 Å². The lowest BCUT2D eigenvalue weighted by atomic mass is 10.2. The molecule has 5 nitrogen and oxygen atoms in total. The minimum Gasteiger partial charge on any atom is -0.329 e. The van der Waals surface area contributed by atoms with E-state index < -0.39 is 27.4 Å². The Labute approximate surface area is 99.1 Å². The molecular formula is C10H12FN3O2S. The van der Waals surface area contributed by atoms with Gasteiger partial charge < -0.3 is 5.73 Å². The Morgan fingerprint density at radius 2 is 2.24 bits per heavy atom. The van der Waals surface area contributed by atoms with Crippen LogP contribution < -0.4 is 10.5 Å².